The summed E-state index contributed by atoms with van der Waals surface area (Å²) in [6, 6.07) is 5.70. The molecule has 0 spiro atoms. The van der Waals surface area contributed by atoms with Gasteiger partial charge < -0.3 is 14.8 Å². The maximum atomic E-state index is 6.01. The lowest BCUT2D eigenvalue weighted by molar-refractivity contribution is 0.0115. The molecule has 1 aliphatic rings. The van der Waals surface area contributed by atoms with E-state index in [4.69, 9.17) is 21.1 Å². The molecule has 1 aromatic rings. The first kappa shape index (κ1) is 14.6. The summed E-state index contributed by atoms with van der Waals surface area (Å²) in [6.45, 7) is 2.66. The molecule has 3 nitrogen and oxygen atoms in total. The highest BCUT2D eigenvalue weighted by atomic mass is 35.5. The van der Waals surface area contributed by atoms with Crippen LogP contribution in [0.5, 0.6) is 5.75 Å². The van der Waals surface area contributed by atoms with Crippen molar-refractivity contribution in [3.8, 4) is 5.75 Å². The highest BCUT2D eigenvalue weighted by Gasteiger charge is 2.13. The van der Waals surface area contributed by atoms with Crippen LogP contribution in [0.1, 0.15) is 31.2 Å². The van der Waals surface area contributed by atoms with E-state index in [0.29, 0.717) is 6.10 Å². The van der Waals surface area contributed by atoms with Crippen molar-refractivity contribution in [2.24, 2.45) is 0 Å². The molecule has 0 saturated carbocycles. The molecule has 0 aromatic heterocycles. The van der Waals surface area contributed by atoms with Crippen LogP contribution in [0.2, 0.25) is 5.02 Å². The molecule has 0 aliphatic carbocycles. The van der Waals surface area contributed by atoms with Crippen molar-refractivity contribution in [1.82, 2.24) is 5.32 Å². The summed E-state index contributed by atoms with van der Waals surface area (Å²) >= 11 is 6.01. The number of benzene rings is 1. The van der Waals surface area contributed by atoms with Crippen molar-refractivity contribution in [2.45, 2.75) is 38.3 Å². The molecular formula is C15H22ClNO2. The third kappa shape index (κ3) is 4.68. The molecule has 1 N–H and O–H groups in total. The molecule has 4 heteroatoms. The number of ether oxygens (including phenoxy) is 2. The standard InChI is InChI=1S/C15H22ClNO2/c1-18-15-6-5-13(16)10-12(15)11-17-8-7-14-4-2-3-9-19-14/h5-6,10,14,17H,2-4,7-9,11H2,1H3. The van der Waals surface area contributed by atoms with E-state index in [9.17, 15) is 0 Å². The summed E-state index contributed by atoms with van der Waals surface area (Å²) in [5.74, 6) is 0.880. The van der Waals surface area contributed by atoms with Crippen LogP contribution in [-0.2, 0) is 11.3 Å². The van der Waals surface area contributed by atoms with Crippen LogP contribution in [-0.4, -0.2) is 26.4 Å². The van der Waals surface area contributed by atoms with E-state index < -0.39 is 0 Å². The van der Waals surface area contributed by atoms with Crippen LogP contribution in [0.4, 0.5) is 0 Å². The zero-order valence-electron chi connectivity index (χ0n) is 11.5. The molecule has 1 aromatic carbocycles. The summed E-state index contributed by atoms with van der Waals surface area (Å²) in [7, 11) is 1.68. The van der Waals surface area contributed by atoms with Gasteiger partial charge in [0, 0.05) is 23.7 Å². The SMILES string of the molecule is COc1ccc(Cl)cc1CNCCC1CCCCO1. The van der Waals surface area contributed by atoms with E-state index in [-0.39, 0.29) is 0 Å². The topological polar surface area (TPSA) is 30.5 Å². The summed E-state index contributed by atoms with van der Waals surface area (Å²) in [5, 5.41) is 4.18. The van der Waals surface area contributed by atoms with Gasteiger partial charge in [0.15, 0.2) is 0 Å². The van der Waals surface area contributed by atoms with E-state index in [1.54, 1.807) is 7.11 Å². The maximum Gasteiger partial charge on any atom is 0.123 e. The number of hydrogen-bond donors (Lipinski definition) is 1. The second-order valence-corrected chi connectivity index (χ2v) is 5.35. The van der Waals surface area contributed by atoms with Gasteiger partial charge in [0.25, 0.3) is 0 Å². The maximum absolute atomic E-state index is 6.01. The first-order valence-electron chi connectivity index (χ1n) is 6.94. The predicted molar refractivity (Wildman–Crippen MR) is 77.9 cm³/mol. The largest absolute Gasteiger partial charge is 0.496 e. The first-order chi connectivity index (χ1) is 9.29. The summed E-state index contributed by atoms with van der Waals surface area (Å²) in [6.07, 6.45) is 5.21. The Kier molecular flexibility index (Phi) is 5.95. The van der Waals surface area contributed by atoms with Gasteiger partial charge >= 0.3 is 0 Å². The van der Waals surface area contributed by atoms with E-state index in [1.807, 2.05) is 18.2 Å². The van der Waals surface area contributed by atoms with E-state index in [2.05, 4.69) is 5.32 Å². The second kappa shape index (κ2) is 7.73. The fourth-order valence-corrected chi connectivity index (χ4v) is 2.60. The zero-order chi connectivity index (χ0) is 13.5. The van der Waals surface area contributed by atoms with Crippen LogP contribution in [0, 0.1) is 0 Å². The van der Waals surface area contributed by atoms with Gasteiger partial charge in [-0.1, -0.05) is 11.6 Å². The van der Waals surface area contributed by atoms with E-state index >= 15 is 0 Å². The molecule has 19 heavy (non-hydrogen) atoms. The minimum atomic E-state index is 0.433. The van der Waals surface area contributed by atoms with Gasteiger partial charge in [-0.2, -0.15) is 0 Å². The van der Waals surface area contributed by atoms with Crippen molar-refractivity contribution in [2.75, 3.05) is 20.3 Å². The van der Waals surface area contributed by atoms with Crippen molar-refractivity contribution in [3.05, 3.63) is 28.8 Å². The lowest BCUT2D eigenvalue weighted by Gasteiger charge is -2.22. The van der Waals surface area contributed by atoms with Crippen LogP contribution in [0.3, 0.4) is 0 Å². The van der Waals surface area contributed by atoms with Crippen molar-refractivity contribution >= 4 is 11.6 Å². The number of halogens is 1. The molecule has 1 atom stereocenters. The van der Waals surface area contributed by atoms with Crippen molar-refractivity contribution in [3.63, 3.8) is 0 Å². The third-order valence-corrected chi connectivity index (χ3v) is 3.71. The average molecular weight is 284 g/mol. The highest BCUT2D eigenvalue weighted by Crippen LogP contribution is 2.22. The van der Waals surface area contributed by atoms with Crippen LogP contribution >= 0.6 is 11.6 Å². The lowest BCUT2D eigenvalue weighted by Crippen LogP contribution is -2.25. The van der Waals surface area contributed by atoms with Gasteiger partial charge in [-0.25, -0.2) is 0 Å². The number of hydrogen-bond acceptors (Lipinski definition) is 3. The van der Waals surface area contributed by atoms with Gasteiger partial charge in [0.05, 0.1) is 13.2 Å². The molecule has 0 radical (unpaired) electrons. The quantitative estimate of drug-likeness (QED) is 0.812. The van der Waals surface area contributed by atoms with Crippen molar-refractivity contribution in [1.29, 1.82) is 0 Å². The van der Waals surface area contributed by atoms with Crippen LogP contribution < -0.4 is 10.1 Å². The van der Waals surface area contributed by atoms with E-state index in [0.717, 1.165) is 42.5 Å². The fraction of sp³-hybridized carbons (Fsp3) is 0.600. The summed E-state index contributed by atoms with van der Waals surface area (Å²) in [4.78, 5) is 0. The predicted octanol–water partition coefficient (Wildman–Crippen LogP) is 3.40. The van der Waals surface area contributed by atoms with Crippen molar-refractivity contribution < 1.29 is 9.47 Å². The molecular weight excluding hydrogens is 262 g/mol. The molecule has 1 fully saturated rings. The number of methoxy groups -OCH3 is 1. The summed E-state index contributed by atoms with van der Waals surface area (Å²) in [5.41, 5.74) is 1.10. The lowest BCUT2D eigenvalue weighted by atomic mass is 10.1. The van der Waals surface area contributed by atoms with Crippen LogP contribution in [0.25, 0.3) is 0 Å². The van der Waals surface area contributed by atoms with Gasteiger partial charge in [-0.15, -0.1) is 0 Å². The monoisotopic (exact) mass is 283 g/mol. The van der Waals surface area contributed by atoms with Crippen LogP contribution in [0.15, 0.2) is 18.2 Å². The van der Waals surface area contributed by atoms with Gasteiger partial charge in [-0.05, 0) is 50.4 Å². The Morgan fingerprint density at radius 2 is 2.32 bits per heavy atom. The Labute approximate surface area is 120 Å². The fourth-order valence-electron chi connectivity index (χ4n) is 2.41. The molecule has 0 amide bonds. The molecule has 1 saturated heterocycles. The minimum absolute atomic E-state index is 0.433. The van der Waals surface area contributed by atoms with Gasteiger partial charge in [0.1, 0.15) is 5.75 Å². The Morgan fingerprint density at radius 1 is 1.42 bits per heavy atom. The number of rotatable bonds is 6. The zero-order valence-corrected chi connectivity index (χ0v) is 12.2. The third-order valence-electron chi connectivity index (χ3n) is 3.47. The Hall–Kier alpha value is -0.770. The smallest absolute Gasteiger partial charge is 0.123 e. The molecule has 1 heterocycles. The second-order valence-electron chi connectivity index (χ2n) is 4.91. The minimum Gasteiger partial charge on any atom is -0.496 e. The normalized spacial score (nSPS) is 19.4. The van der Waals surface area contributed by atoms with E-state index in [1.165, 1.54) is 19.3 Å². The Bertz CT molecular complexity index is 392. The molecule has 106 valence electrons. The molecule has 0 bridgehead atoms. The Morgan fingerprint density at radius 3 is 3.05 bits per heavy atom. The summed E-state index contributed by atoms with van der Waals surface area (Å²) < 4.78 is 11.0. The molecule has 1 unspecified atom stereocenters. The number of nitrogens with one attached hydrogen (secondary N) is 1. The highest BCUT2D eigenvalue weighted by molar-refractivity contribution is 6.30. The molecule has 1 aliphatic heterocycles. The van der Waals surface area contributed by atoms with Gasteiger partial charge in [0.2, 0.25) is 0 Å². The average Bonchev–Trinajstić information content (AvgIpc) is 2.45. The Balaban J connectivity index is 1.74. The molecule has 2 rings (SSSR count). The first-order valence-corrected chi connectivity index (χ1v) is 7.32. The van der Waals surface area contributed by atoms with Gasteiger partial charge in [-0.3, -0.25) is 0 Å².